The molecule has 0 amide bonds. The molecule has 3 aromatic carbocycles. The number of imidazole rings is 1. The van der Waals surface area contributed by atoms with Crippen LogP contribution in [0.25, 0.3) is 11.3 Å². The molecular formula is C39H55BN2O2. The summed E-state index contributed by atoms with van der Waals surface area (Å²) in [6.45, 7) is 5.89. The van der Waals surface area contributed by atoms with E-state index in [9.17, 15) is 0 Å². The van der Waals surface area contributed by atoms with Gasteiger partial charge in [-0.3, -0.25) is 0 Å². The van der Waals surface area contributed by atoms with Gasteiger partial charge >= 0.3 is 0 Å². The molecule has 0 N–H and O–H groups in total. The molecule has 0 saturated heterocycles. The minimum atomic E-state index is 0.303. The molecule has 0 aliphatic carbocycles. The van der Waals surface area contributed by atoms with Crippen molar-refractivity contribution >= 4 is 17.6 Å². The van der Waals surface area contributed by atoms with Gasteiger partial charge in [-0.05, 0) is 35.0 Å². The third kappa shape index (κ3) is 11.6. The Morgan fingerprint density at radius 2 is 1.09 bits per heavy atom. The lowest BCUT2D eigenvalue weighted by atomic mass is 9.38. The number of nitrogens with zero attached hydrogens (tertiary/aromatic N) is 2. The lowest BCUT2D eigenvalue weighted by Crippen LogP contribution is -2.43. The average Bonchev–Trinajstić information content (AvgIpc) is 3.55. The standard InChI is InChI=1S/C21H32N2.C18H23BO2/c1-2-3-4-5-6-7-8-9-10-14-17-23-19-22-18-21(23)20-15-12-11-13-16-20;1-4-5-14-19(15-10-6-8-12-17(15)20-2)16-11-7-9-13-18(16)21-3/h11-13,15-16,18-19H,2-10,14,17H2,1H3;6-13H,4-5,14H2,1-3H3. The molecule has 0 spiro atoms. The molecule has 4 rings (SSSR count). The largest absolute Gasteiger partial charge is 0.497 e. The van der Waals surface area contributed by atoms with E-state index in [0.29, 0.717) is 6.71 Å². The number of hydrogen-bond donors (Lipinski definition) is 0. The van der Waals surface area contributed by atoms with Crippen LogP contribution in [0.5, 0.6) is 11.5 Å². The van der Waals surface area contributed by atoms with E-state index in [1.165, 1.54) is 99.2 Å². The number of methoxy groups -OCH3 is 2. The molecule has 44 heavy (non-hydrogen) atoms. The second-order valence-corrected chi connectivity index (χ2v) is 11.7. The molecule has 0 saturated carbocycles. The fraction of sp³-hybridized carbons (Fsp3) is 0.462. The summed E-state index contributed by atoms with van der Waals surface area (Å²) >= 11 is 0. The van der Waals surface area contributed by atoms with E-state index in [2.05, 4.69) is 78.0 Å². The zero-order valence-electron chi connectivity index (χ0n) is 27.8. The first kappa shape index (κ1) is 35.0. The maximum absolute atomic E-state index is 5.56. The highest BCUT2D eigenvalue weighted by Gasteiger charge is 2.24. The molecule has 1 aromatic heterocycles. The van der Waals surface area contributed by atoms with E-state index in [0.717, 1.165) is 24.4 Å². The van der Waals surface area contributed by atoms with E-state index in [1.54, 1.807) is 14.2 Å². The van der Waals surface area contributed by atoms with Crippen molar-refractivity contribution in [3.8, 4) is 22.8 Å². The third-order valence-electron chi connectivity index (χ3n) is 8.41. The van der Waals surface area contributed by atoms with Crippen LogP contribution in [0.3, 0.4) is 0 Å². The number of unbranched alkanes of at least 4 members (excludes halogenated alkanes) is 10. The molecule has 0 aliphatic rings. The number of benzene rings is 3. The highest BCUT2D eigenvalue weighted by atomic mass is 16.5. The number of rotatable bonds is 19. The summed E-state index contributed by atoms with van der Waals surface area (Å²) < 4.78 is 13.4. The molecule has 236 valence electrons. The number of para-hydroxylation sites is 2. The summed E-state index contributed by atoms with van der Waals surface area (Å²) in [7, 11) is 3.47. The molecule has 0 radical (unpaired) electrons. The Bertz CT molecular complexity index is 1240. The Labute approximate surface area is 268 Å². The molecule has 4 nitrogen and oxygen atoms in total. The lowest BCUT2D eigenvalue weighted by Gasteiger charge is -2.19. The Kier molecular flexibility index (Phi) is 16.9. The highest BCUT2D eigenvalue weighted by Crippen LogP contribution is 2.20. The Balaban J connectivity index is 0.000000241. The molecule has 0 unspecified atom stereocenters. The SMILES string of the molecule is CCCCB(c1ccccc1OC)c1ccccc1OC.CCCCCCCCCCCCn1cncc1-c1ccccc1. The Hall–Kier alpha value is -3.47. The minimum absolute atomic E-state index is 0.303. The van der Waals surface area contributed by atoms with Gasteiger partial charge in [-0.25, -0.2) is 4.98 Å². The summed E-state index contributed by atoms with van der Waals surface area (Å²) in [6, 6.07) is 27.1. The number of hydrogen-bond acceptors (Lipinski definition) is 3. The smallest absolute Gasteiger partial charge is 0.219 e. The van der Waals surface area contributed by atoms with Gasteiger partial charge in [-0.1, -0.05) is 158 Å². The van der Waals surface area contributed by atoms with Gasteiger partial charge in [0.25, 0.3) is 0 Å². The predicted molar refractivity (Wildman–Crippen MR) is 190 cm³/mol. The summed E-state index contributed by atoms with van der Waals surface area (Å²) in [5.74, 6) is 1.90. The number of aromatic nitrogens is 2. The maximum Gasteiger partial charge on any atom is 0.219 e. The van der Waals surface area contributed by atoms with E-state index in [-0.39, 0.29) is 0 Å². The van der Waals surface area contributed by atoms with Gasteiger partial charge in [0.1, 0.15) is 11.5 Å². The fourth-order valence-corrected chi connectivity index (χ4v) is 5.91. The van der Waals surface area contributed by atoms with Crippen molar-refractivity contribution in [2.45, 2.75) is 104 Å². The van der Waals surface area contributed by atoms with E-state index >= 15 is 0 Å². The molecule has 0 aliphatic heterocycles. The van der Waals surface area contributed by atoms with Crippen molar-refractivity contribution in [3.05, 3.63) is 91.4 Å². The van der Waals surface area contributed by atoms with Crippen LogP contribution in [0.1, 0.15) is 90.9 Å². The quantitative estimate of drug-likeness (QED) is 0.0801. The van der Waals surface area contributed by atoms with Gasteiger partial charge in [0.15, 0.2) is 0 Å². The molecule has 0 fully saturated rings. The van der Waals surface area contributed by atoms with Crippen LogP contribution in [0.2, 0.25) is 6.32 Å². The van der Waals surface area contributed by atoms with Crippen LogP contribution < -0.4 is 20.4 Å². The minimum Gasteiger partial charge on any atom is -0.497 e. The van der Waals surface area contributed by atoms with Crippen LogP contribution >= 0.6 is 0 Å². The Morgan fingerprint density at radius 3 is 1.64 bits per heavy atom. The van der Waals surface area contributed by atoms with Crippen LogP contribution in [-0.2, 0) is 6.54 Å². The third-order valence-corrected chi connectivity index (χ3v) is 8.41. The molecule has 1 heterocycles. The van der Waals surface area contributed by atoms with E-state index < -0.39 is 0 Å². The van der Waals surface area contributed by atoms with Crippen LogP contribution in [0, 0.1) is 0 Å². The summed E-state index contributed by atoms with van der Waals surface area (Å²) in [4.78, 5) is 4.33. The summed E-state index contributed by atoms with van der Waals surface area (Å²) in [5, 5.41) is 0. The zero-order valence-corrected chi connectivity index (χ0v) is 27.8. The second kappa shape index (κ2) is 21.3. The number of ether oxygens (including phenoxy) is 2. The Morgan fingerprint density at radius 1 is 0.591 bits per heavy atom. The monoisotopic (exact) mass is 594 g/mol. The first-order valence-corrected chi connectivity index (χ1v) is 17.0. The molecule has 4 aromatic rings. The van der Waals surface area contributed by atoms with Crippen molar-refractivity contribution in [1.82, 2.24) is 9.55 Å². The van der Waals surface area contributed by atoms with Gasteiger partial charge < -0.3 is 14.0 Å². The predicted octanol–water partition coefficient (Wildman–Crippen LogP) is 9.58. The molecule has 5 heteroatoms. The maximum atomic E-state index is 5.56. The van der Waals surface area contributed by atoms with Gasteiger partial charge in [-0.2, -0.15) is 0 Å². The van der Waals surface area contributed by atoms with Crippen LogP contribution in [0.4, 0.5) is 0 Å². The van der Waals surface area contributed by atoms with Crippen LogP contribution in [0.15, 0.2) is 91.4 Å². The van der Waals surface area contributed by atoms with Crippen molar-refractivity contribution in [3.63, 3.8) is 0 Å². The molecule has 0 atom stereocenters. The van der Waals surface area contributed by atoms with Crippen molar-refractivity contribution in [1.29, 1.82) is 0 Å². The van der Waals surface area contributed by atoms with Gasteiger partial charge in [0, 0.05) is 6.54 Å². The first-order valence-electron chi connectivity index (χ1n) is 17.0. The highest BCUT2D eigenvalue weighted by molar-refractivity contribution is 6.86. The van der Waals surface area contributed by atoms with Crippen molar-refractivity contribution < 1.29 is 9.47 Å². The van der Waals surface area contributed by atoms with Gasteiger partial charge in [0.05, 0.1) is 32.4 Å². The zero-order chi connectivity index (χ0) is 31.2. The molecule has 0 bridgehead atoms. The lowest BCUT2D eigenvalue weighted by molar-refractivity contribution is 0.417. The average molecular weight is 595 g/mol. The molecular weight excluding hydrogens is 539 g/mol. The van der Waals surface area contributed by atoms with Crippen molar-refractivity contribution in [2.75, 3.05) is 14.2 Å². The van der Waals surface area contributed by atoms with E-state index in [1.807, 2.05) is 36.8 Å². The first-order chi connectivity index (χ1) is 21.7. The van der Waals surface area contributed by atoms with Crippen molar-refractivity contribution in [2.24, 2.45) is 0 Å². The summed E-state index contributed by atoms with van der Waals surface area (Å²) in [5.41, 5.74) is 4.97. The number of aryl methyl sites for hydroxylation is 1. The second-order valence-electron chi connectivity index (χ2n) is 11.7. The fourth-order valence-electron chi connectivity index (χ4n) is 5.91. The van der Waals surface area contributed by atoms with Gasteiger partial charge in [-0.15, -0.1) is 0 Å². The van der Waals surface area contributed by atoms with Gasteiger partial charge in [0.2, 0.25) is 6.71 Å². The summed E-state index contributed by atoms with van der Waals surface area (Å²) in [6.07, 6.45) is 21.2. The normalized spacial score (nSPS) is 10.6. The van der Waals surface area contributed by atoms with Crippen LogP contribution in [-0.4, -0.2) is 30.5 Å². The topological polar surface area (TPSA) is 36.3 Å². The van der Waals surface area contributed by atoms with E-state index in [4.69, 9.17) is 9.47 Å².